The third-order valence-corrected chi connectivity index (χ3v) is 3.87. The molecule has 2 aromatic rings. The quantitative estimate of drug-likeness (QED) is 0.866. The van der Waals surface area contributed by atoms with E-state index in [4.69, 9.17) is 28.5 Å². The summed E-state index contributed by atoms with van der Waals surface area (Å²) in [4.78, 5) is 15.6. The maximum absolute atomic E-state index is 11.4. The van der Waals surface area contributed by atoms with Gasteiger partial charge in [0.1, 0.15) is 6.07 Å². The number of carbonyl (C=O) groups excluding carboxylic acids is 1. The molecule has 1 N–H and O–H groups in total. The van der Waals surface area contributed by atoms with Crippen LogP contribution in [0.4, 0.5) is 10.8 Å². The van der Waals surface area contributed by atoms with E-state index in [-0.39, 0.29) is 10.0 Å². The second kappa shape index (κ2) is 6.09. The predicted octanol–water partition coefficient (Wildman–Crippen LogP) is 3.85. The molecular formula is C12H7Cl2N3O2S. The zero-order chi connectivity index (χ0) is 14.7. The van der Waals surface area contributed by atoms with E-state index in [0.717, 1.165) is 11.3 Å². The third kappa shape index (κ3) is 3.02. The number of nitrogens with one attached hydrogen (secondary N) is 1. The van der Waals surface area contributed by atoms with Crippen molar-refractivity contribution in [3.05, 3.63) is 38.8 Å². The largest absolute Gasteiger partial charge is 0.465 e. The Kier molecular flexibility index (Phi) is 4.45. The van der Waals surface area contributed by atoms with Crippen molar-refractivity contribution in [3.63, 3.8) is 0 Å². The number of benzene rings is 1. The number of aromatic nitrogens is 1. The molecule has 0 aliphatic heterocycles. The Morgan fingerprint density at radius 3 is 2.90 bits per heavy atom. The molecule has 0 saturated heterocycles. The van der Waals surface area contributed by atoms with E-state index >= 15 is 0 Å². The van der Waals surface area contributed by atoms with Crippen LogP contribution in [0.25, 0.3) is 0 Å². The Morgan fingerprint density at radius 2 is 2.25 bits per heavy atom. The first-order valence-electron chi connectivity index (χ1n) is 5.26. The van der Waals surface area contributed by atoms with Crippen LogP contribution in [-0.2, 0) is 4.74 Å². The molecule has 2 rings (SSSR count). The summed E-state index contributed by atoms with van der Waals surface area (Å²) < 4.78 is 4.59. The minimum atomic E-state index is -0.563. The SMILES string of the molecule is COC(=O)c1sc(Nc2cc(Cl)ccc2C#N)nc1Cl. The molecule has 20 heavy (non-hydrogen) atoms. The van der Waals surface area contributed by atoms with Gasteiger partial charge in [-0.25, -0.2) is 9.78 Å². The second-order valence-electron chi connectivity index (χ2n) is 3.56. The number of esters is 1. The van der Waals surface area contributed by atoms with Gasteiger partial charge in [0.15, 0.2) is 15.2 Å². The molecule has 0 saturated carbocycles. The van der Waals surface area contributed by atoms with Crippen LogP contribution < -0.4 is 5.32 Å². The molecule has 1 heterocycles. The molecule has 1 aromatic heterocycles. The van der Waals surface area contributed by atoms with Gasteiger partial charge in [-0.3, -0.25) is 0 Å². The van der Waals surface area contributed by atoms with Crippen molar-refractivity contribution < 1.29 is 9.53 Å². The van der Waals surface area contributed by atoms with Crippen LogP contribution in [0.5, 0.6) is 0 Å². The van der Waals surface area contributed by atoms with E-state index in [0.29, 0.717) is 21.4 Å². The van der Waals surface area contributed by atoms with Gasteiger partial charge in [-0.15, -0.1) is 0 Å². The van der Waals surface area contributed by atoms with Crippen molar-refractivity contribution in [1.82, 2.24) is 4.98 Å². The highest BCUT2D eigenvalue weighted by Crippen LogP contribution is 2.31. The van der Waals surface area contributed by atoms with Crippen LogP contribution >= 0.6 is 34.5 Å². The summed E-state index contributed by atoms with van der Waals surface area (Å²) in [7, 11) is 1.26. The molecule has 102 valence electrons. The lowest BCUT2D eigenvalue weighted by molar-refractivity contribution is 0.0606. The zero-order valence-corrected chi connectivity index (χ0v) is 12.4. The highest BCUT2D eigenvalue weighted by Gasteiger charge is 2.18. The van der Waals surface area contributed by atoms with Gasteiger partial charge in [-0.05, 0) is 18.2 Å². The van der Waals surface area contributed by atoms with Gasteiger partial charge in [0.2, 0.25) is 0 Å². The first-order valence-corrected chi connectivity index (χ1v) is 6.83. The van der Waals surface area contributed by atoms with Gasteiger partial charge < -0.3 is 10.1 Å². The highest BCUT2D eigenvalue weighted by molar-refractivity contribution is 7.18. The van der Waals surface area contributed by atoms with Crippen LogP contribution in [0.2, 0.25) is 10.2 Å². The number of methoxy groups -OCH3 is 1. The van der Waals surface area contributed by atoms with Gasteiger partial charge in [0.05, 0.1) is 18.4 Å². The van der Waals surface area contributed by atoms with Gasteiger partial charge in [0, 0.05) is 5.02 Å². The van der Waals surface area contributed by atoms with Gasteiger partial charge in [-0.2, -0.15) is 5.26 Å². The number of rotatable bonds is 3. The Labute approximate surface area is 128 Å². The number of nitrogens with zero attached hydrogens (tertiary/aromatic N) is 2. The highest BCUT2D eigenvalue weighted by atomic mass is 35.5. The monoisotopic (exact) mass is 327 g/mol. The molecule has 0 fully saturated rings. The molecular weight excluding hydrogens is 321 g/mol. The number of nitriles is 1. The average molecular weight is 328 g/mol. The van der Waals surface area contributed by atoms with Crippen molar-refractivity contribution in [2.45, 2.75) is 0 Å². The lowest BCUT2D eigenvalue weighted by Gasteiger charge is -2.04. The third-order valence-electron chi connectivity index (χ3n) is 2.30. The molecule has 0 bridgehead atoms. The van der Waals surface area contributed by atoms with E-state index in [1.807, 2.05) is 6.07 Å². The standard InChI is InChI=1S/C12H7Cl2N3O2S/c1-19-11(18)9-10(14)17-12(20-9)16-8-4-7(13)3-2-6(8)5-15/h2-4H,1H3,(H,16,17). The minimum Gasteiger partial charge on any atom is -0.465 e. The van der Waals surface area contributed by atoms with Gasteiger partial charge in [-0.1, -0.05) is 34.5 Å². The Bertz CT molecular complexity index is 709. The minimum absolute atomic E-state index is 0.0462. The first-order chi connectivity index (χ1) is 9.55. The fourth-order valence-electron chi connectivity index (χ4n) is 1.41. The van der Waals surface area contributed by atoms with Crippen LogP contribution in [-0.4, -0.2) is 18.1 Å². The van der Waals surface area contributed by atoms with Crippen LogP contribution in [0.3, 0.4) is 0 Å². The average Bonchev–Trinajstić information content (AvgIpc) is 2.79. The van der Waals surface area contributed by atoms with Crippen molar-refractivity contribution in [2.75, 3.05) is 12.4 Å². The molecule has 1 aromatic carbocycles. The predicted molar refractivity (Wildman–Crippen MR) is 77.9 cm³/mol. The number of halogens is 2. The molecule has 0 spiro atoms. The van der Waals surface area contributed by atoms with Crippen LogP contribution in [0.15, 0.2) is 18.2 Å². The fraction of sp³-hybridized carbons (Fsp3) is 0.0833. The number of thiazole rings is 1. The molecule has 0 radical (unpaired) electrons. The number of hydrogen-bond acceptors (Lipinski definition) is 6. The topological polar surface area (TPSA) is 75.0 Å². The Morgan fingerprint density at radius 1 is 1.50 bits per heavy atom. The van der Waals surface area contributed by atoms with Crippen LogP contribution in [0, 0.1) is 11.3 Å². The van der Waals surface area contributed by atoms with Crippen molar-refractivity contribution in [1.29, 1.82) is 5.26 Å². The zero-order valence-electron chi connectivity index (χ0n) is 10.1. The Hall–Kier alpha value is -1.81. The summed E-state index contributed by atoms with van der Waals surface area (Å²) in [6.45, 7) is 0. The van der Waals surface area contributed by atoms with Crippen molar-refractivity contribution in [2.24, 2.45) is 0 Å². The molecule has 0 amide bonds. The molecule has 0 aliphatic carbocycles. The summed E-state index contributed by atoms with van der Waals surface area (Å²) in [5, 5.41) is 12.8. The van der Waals surface area contributed by atoms with E-state index in [1.54, 1.807) is 18.2 Å². The summed E-state index contributed by atoms with van der Waals surface area (Å²) >= 11 is 12.8. The molecule has 5 nitrogen and oxygen atoms in total. The lowest BCUT2D eigenvalue weighted by atomic mass is 10.2. The molecule has 0 aliphatic rings. The number of hydrogen-bond donors (Lipinski definition) is 1. The maximum Gasteiger partial charge on any atom is 0.351 e. The normalized spacial score (nSPS) is 9.90. The Balaban J connectivity index is 2.34. The number of carbonyl (C=O) groups is 1. The van der Waals surface area contributed by atoms with Gasteiger partial charge in [0.25, 0.3) is 0 Å². The molecule has 8 heteroatoms. The smallest absolute Gasteiger partial charge is 0.351 e. The van der Waals surface area contributed by atoms with E-state index in [9.17, 15) is 4.79 Å². The molecule has 0 atom stereocenters. The maximum atomic E-state index is 11.4. The summed E-state index contributed by atoms with van der Waals surface area (Å²) in [6.07, 6.45) is 0. The summed E-state index contributed by atoms with van der Waals surface area (Å²) in [5.41, 5.74) is 0.891. The van der Waals surface area contributed by atoms with E-state index in [2.05, 4.69) is 15.0 Å². The summed E-state index contributed by atoms with van der Waals surface area (Å²) in [6, 6.07) is 6.82. The fourth-order valence-corrected chi connectivity index (χ4v) is 2.69. The van der Waals surface area contributed by atoms with Gasteiger partial charge >= 0.3 is 5.97 Å². The number of anilines is 2. The molecule has 0 unspecified atom stereocenters. The van der Waals surface area contributed by atoms with E-state index < -0.39 is 5.97 Å². The van der Waals surface area contributed by atoms with E-state index in [1.165, 1.54) is 7.11 Å². The van der Waals surface area contributed by atoms with Crippen molar-refractivity contribution in [3.8, 4) is 6.07 Å². The van der Waals surface area contributed by atoms with Crippen LogP contribution in [0.1, 0.15) is 15.2 Å². The first kappa shape index (κ1) is 14.6. The summed E-state index contributed by atoms with van der Waals surface area (Å²) in [5.74, 6) is -0.563. The number of ether oxygens (including phenoxy) is 1. The second-order valence-corrected chi connectivity index (χ2v) is 5.35. The lowest BCUT2D eigenvalue weighted by Crippen LogP contribution is -1.98. The van der Waals surface area contributed by atoms with Crippen molar-refractivity contribution >= 4 is 51.3 Å².